The minimum Gasteiger partial charge on any atom is -0.400 e. The molecule has 3 aromatic rings. The summed E-state index contributed by atoms with van der Waals surface area (Å²) in [6.45, 7) is 25.6. The molecule has 0 radical (unpaired) electrons. The van der Waals surface area contributed by atoms with Gasteiger partial charge < -0.3 is 19.0 Å². The lowest BCUT2D eigenvalue weighted by Gasteiger charge is -2.45. The molecule has 1 fully saturated rings. The minimum absolute atomic E-state index is 0.0153. The van der Waals surface area contributed by atoms with Gasteiger partial charge in [-0.3, -0.25) is 4.79 Å². The van der Waals surface area contributed by atoms with Crippen LogP contribution in [0.1, 0.15) is 119 Å². The fourth-order valence-corrected chi connectivity index (χ4v) is 13.3. The largest absolute Gasteiger partial charge is 0.400 e. The van der Waals surface area contributed by atoms with Crippen LogP contribution in [0.25, 0.3) is 6.08 Å². The first-order valence-electron chi connectivity index (χ1n) is 19.9. The van der Waals surface area contributed by atoms with Gasteiger partial charge in [0.1, 0.15) is 5.78 Å². The van der Waals surface area contributed by atoms with E-state index >= 15 is 0 Å². The molecule has 0 spiro atoms. The zero-order valence-electron chi connectivity index (χ0n) is 35.1. The maximum atomic E-state index is 13.7. The second kappa shape index (κ2) is 18.5. The molecule has 5 atom stereocenters. The number of hydrogen-bond acceptors (Lipinski definition) is 7. The van der Waals surface area contributed by atoms with Gasteiger partial charge in [0.25, 0.3) is 8.32 Å². The quantitative estimate of drug-likeness (QED) is 0.0836. The number of unbranched alkanes of at least 4 members (excludes halogenated alkanes) is 1. The number of ether oxygens (including phenoxy) is 2. The van der Waals surface area contributed by atoms with Crippen molar-refractivity contribution in [3.63, 3.8) is 0 Å². The zero-order valence-corrected chi connectivity index (χ0v) is 36.9. The fourth-order valence-electron chi connectivity index (χ4n) is 8.06. The van der Waals surface area contributed by atoms with Crippen LogP contribution in [0.3, 0.4) is 0 Å². The van der Waals surface area contributed by atoms with Gasteiger partial charge in [-0.05, 0) is 99.7 Å². The summed E-state index contributed by atoms with van der Waals surface area (Å²) in [5, 5.41) is 16.9. The van der Waals surface area contributed by atoms with Crippen LogP contribution in [0, 0.1) is 24.2 Å². The Morgan fingerprint density at radius 2 is 1.63 bits per heavy atom. The number of ketones is 1. The number of aromatic nitrogens is 1. The highest BCUT2D eigenvalue weighted by molar-refractivity contribution is 7.09. The summed E-state index contributed by atoms with van der Waals surface area (Å²) in [6, 6.07) is 21.7. The first-order chi connectivity index (χ1) is 25.3. The Bertz CT molecular complexity index is 1670. The Labute approximate surface area is 331 Å². The first kappa shape index (κ1) is 44.0. The second-order valence-electron chi connectivity index (χ2n) is 17.6. The SMILES string of the molecule is C/C(=C\CCC[C@H](C)[C@H](O)C(C)C(=O)C(C)(C)[C@@H]1CCOC(C)(C)O1)C[C@H](O[Si](c1ccccc1)(c1ccccc1)C(C)(C)C)/C(C)=C/c1csc(C)n1. The lowest BCUT2D eigenvalue weighted by Crippen LogP contribution is -2.67. The number of carbonyl (C=O) groups excluding carboxylic acids is 1. The van der Waals surface area contributed by atoms with Crippen molar-refractivity contribution in [2.24, 2.45) is 17.3 Å². The molecule has 1 aliphatic heterocycles. The molecule has 1 saturated heterocycles. The standard InChI is InChI=1S/C46H67NO5SSi/c1-32(21-19-20-22-33(2)42(48)35(4)43(49)45(9,10)41-27-28-50-46(11,12)51-41)29-40(34(3)30-37-31-53-36(5)47-37)52-54(44(6,7)8,38-23-15-13-16-24-38)39-25-17-14-18-26-39/h13-18,21,23-26,30-31,33,35,40-42,48H,19-20,22,27-29H2,1-12H3/b32-21+,34-30+/t33-,35?,40-,41-,42-/m0/s1. The third kappa shape index (κ3) is 10.8. The molecule has 0 amide bonds. The van der Waals surface area contributed by atoms with E-state index in [0.717, 1.165) is 42.0 Å². The van der Waals surface area contributed by atoms with Crippen LogP contribution in [-0.4, -0.2) is 54.9 Å². The van der Waals surface area contributed by atoms with E-state index in [1.54, 1.807) is 11.3 Å². The Kier molecular flexibility index (Phi) is 15.1. The molecule has 6 nitrogen and oxygen atoms in total. The van der Waals surface area contributed by atoms with Crippen molar-refractivity contribution >= 4 is 41.9 Å². The summed E-state index contributed by atoms with van der Waals surface area (Å²) in [4.78, 5) is 18.5. The number of thiazole rings is 1. The molecular formula is C46H67NO5SSi. The van der Waals surface area contributed by atoms with E-state index in [1.165, 1.54) is 15.9 Å². The number of nitrogens with zero attached hydrogens (tertiary/aromatic N) is 1. The van der Waals surface area contributed by atoms with Gasteiger partial charge in [-0.15, -0.1) is 11.3 Å². The monoisotopic (exact) mass is 773 g/mol. The Hall–Kier alpha value is -2.72. The molecule has 54 heavy (non-hydrogen) atoms. The summed E-state index contributed by atoms with van der Waals surface area (Å²) < 4.78 is 19.6. The van der Waals surface area contributed by atoms with Crippen molar-refractivity contribution < 1.29 is 23.8 Å². The van der Waals surface area contributed by atoms with E-state index in [-0.39, 0.29) is 28.9 Å². The normalized spacial score (nSPS) is 19.6. The number of benzene rings is 2. The number of aliphatic hydroxyl groups excluding tert-OH is 1. The number of aryl methyl sites for hydroxylation is 1. The molecular weight excluding hydrogens is 707 g/mol. The van der Waals surface area contributed by atoms with Crippen LogP contribution < -0.4 is 10.4 Å². The van der Waals surface area contributed by atoms with Crippen molar-refractivity contribution in [3.8, 4) is 0 Å². The van der Waals surface area contributed by atoms with E-state index in [0.29, 0.717) is 13.0 Å². The summed E-state index contributed by atoms with van der Waals surface area (Å²) in [6.07, 6.45) is 7.47. The van der Waals surface area contributed by atoms with Gasteiger partial charge in [0.05, 0.1) is 41.0 Å². The molecule has 1 N–H and O–H groups in total. The summed E-state index contributed by atoms with van der Waals surface area (Å²) in [7, 11) is -2.83. The van der Waals surface area contributed by atoms with Crippen LogP contribution in [-0.2, 0) is 18.7 Å². The van der Waals surface area contributed by atoms with Crippen molar-refractivity contribution in [1.29, 1.82) is 0 Å². The Morgan fingerprint density at radius 3 is 2.15 bits per heavy atom. The molecule has 4 rings (SSSR count). The summed E-state index contributed by atoms with van der Waals surface area (Å²) in [5.41, 5.74) is 2.69. The molecule has 1 unspecified atom stereocenters. The first-order valence-corrected chi connectivity index (χ1v) is 22.7. The van der Waals surface area contributed by atoms with Crippen molar-refractivity contribution in [3.05, 3.63) is 94.0 Å². The van der Waals surface area contributed by atoms with E-state index in [1.807, 2.05) is 41.5 Å². The molecule has 1 aromatic heterocycles. The fraction of sp³-hybridized carbons (Fsp3) is 0.565. The maximum Gasteiger partial charge on any atom is 0.261 e. The van der Waals surface area contributed by atoms with Gasteiger partial charge in [-0.1, -0.05) is 121 Å². The second-order valence-corrected chi connectivity index (χ2v) is 22.9. The highest BCUT2D eigenvalue weighted by Crippen LogP contribution is 2.40. The van der Waals surface area contributed by atoms with Gasteiger partial charge >= 0.3 is 0 Å². The molecule has 0 saturated carbocycles. The van der Waals surface area contributed by atoms with Crippen LogP contribution in [0.4, 0.5) is 0 Å². The van der Waals surface area contributed by atoms with E-state index in [9.17, 15) is 9.90 Å². The lowest BCUT2D eigenvalue weighted by atomic mass is 9.72. The molecule has 1 aliphatic rings. The van der Waals surface area contributed by atoms with E-state index < -0.39 is 31.5 Å². The van der Waals surface area contributed by atoms with E-state index in [4.69, 9.17) is 18.9 Å². The topological polar surface area (TPSA) is 77.9 Å². The summed E-state index contributed by atoms with van der Waals surface area (Å²) in [5.74, 6) is -1.18. The number of rotatable bonds is 17. The smallest absolute Gasteiger partial charge is 0.261 e. The van der Waals surface area contributed by atoms with E-state index in [2.05, 4.69) is 120 Å². The highest BCUT2D eigenvalue weighted by atomic mass is 32.1. The van der Waals surface area contributed by atoms with Crippen LogP contribution in [0.5, 0.6) is 0 Å². The molecule has 2 aromatic carbocycles. The lowest BCUT2D eigenvalue weighted by molar-refractivity contribution is -0.289. The zero-order chi connectivity index (χ0) is 39.9. The number of Topliss-reactive ketones (excluding diaryl/α,β-unsaturated/α-hetero) is 1. The number of aliphatic hydroxyl groups is 1. The molecule has 8 heteroatoms. The van der Waals surface area contributed by atoms with Crippen LogP contribution in [0.15, 0.2) is 83.3 Å². The molecule has 0 aliphatic carbocycles. The molecule has 2 heterocycles. The Morgan fingerprint density at radius 1 is 1.04 bits per heavy atom. The van der Waals surface area contributed by atoms with Gasteiger partial charge in [0.2, 0.25) is 0 Å². The van der Waals surface area contributed by atoms with Crippen molar-refractivity contribution in [1.82, 2.24) is 4.98 Å². The van der Waals surface area contributed by atoms with Gasteiger partial charge in [0.15, 0.2) is 5.79 Å². The summed E-state index contributed by atoms with van der Waals surface area (Å²) >= 11 is 1.67. The molecule has 296 valence electrons. The van der Waals surface area contributed by atoms with Gasteiger partial charge in [0, 0.05) is 11.3 Å². The number of carbonyl (C=O) groups is 1. The Balaban J connectivity index is 1.51. The van der Waals surface area contributed by atoms with Crippen molar-refractivity contribution in [2.45, 2.75) is 144 Å². The minimum atomic E-state index is -2.83. The van der Waals surface area contributed by atoms with Crippen LogP contribution >= 0.6 is 11.3 Å². The van der Waals surface area contributed by atoms with Crippen LogP contribution in [0.2, 0.25) is 5.04 Å². The predicted octanol–water partition coefficient (Wildman–Crippen LogP) is 10.1. The van der Waals surface area contributed by atoms with Gasteiger partial charge in [-0.2, -0.15) is 0 Å². The number of allylic oxidation sites excluding steroid dienone is 1. The van der Waals surface area contributed by atoms with Gasteiger partial charge in [-0.25, -0.2) is 4.98 Å². The number of hydrogen-bond donors (Lipinski definition) is 1. The third-order valence-corrected chi connectivity index (χ3v) is 17.2. The predicted molar refractivity (Wildman–Crippen MR) is 228 cm³/mol. The average Bonchev–Trinajstić information content (AvgIpc) is 3.54. The van der Waals surface area contributed by atoms with Crippen molar-refractivity contribution in [2.75, 3.05) is 6.61 Å². The molecule has 0 bridgehead atoms. The maximum absolute atomic E-state index is 13.7. The third-order valence-electron chi connectivity index (χ3n) is 11.3. The average molecular weight is 774 g/mol. The highest BCUT2D eigenvalue weighted by Gasteiger charge is 2.51.